The fourth-order valence-electron chi connectivity index (χ4n) is 3.21. The third-order valence-corrected chi connectivity index (χ3v) is 4.21. The van der Waals surface area contributed by atoms with Gasteiger partial charge >= 0.3 is 0 Å². The Labute approximate surface area is 113 Å². The number of hydrogen-bond acceptors (Lipinski definition) is 2. The summed E-state index contributed by atoms with van der Waals surface area (Å²) in [6, 6.07) is 10.3. The zero-order chi connectivity index (χ0) is 13.5. The summed E-state index contributed by atoms with van der Waals surface area (Å²) >= 11 is 0. The van der Waals surface area contributed by atoms with Gasteiger partial charge in [0.2, 0.25) is 0 Å². The molecule has 1 aromatic carbocycles. The molecule has 3 atom stereocenters. The molecule has 1 aliphatic carbocycles. The Balaban J connectivity index is 1.69. The largest absolute Gasteiger partial charge is 0.475 e. The molecule has 0 radical (unpaired) electrons. The van der Waals surface area contributed by atoms with Gasteiger partial charge in [-0.25, -0.2) is 9.38 Å². The van der Waals surface area contributed by atoms with Crippen molar-refractivity contribution >= 4 is 5.90 Å². The van der Waals surface area contributed by atoms with Crippen LogP contribution in [0.4, 0.5) is 4.39 Å². The van der Waals surface area contributed by atoms with E-state index in [0.717, 1.165) is 18.7 Å². The summed E-state index contributed by atoms with van der Waals surface area (Å²) in [7, 11) is 0. The molecule has 3 rings (SSSR count). The first-order valence-electron chi connectivity index (χ1n) is 7.00. The van der Waals surface area contributed by atoms with Crippen molar-refractivity contribution in [3.05, 3.63) is 35.9 Å². The SMILES string of the molecule is CC(C)(F)[C@H]1CC[C@@H]2N=C(Cc3ccccc3)O[C@@H]21. The molecule has 0 N–H and O–H groups in total. The second kappa shape index (κ2) is 4.62. The molecule has 1 aromatic rings. The van der Waals surface area contributed by atoms with Crippen LogP contribution in [0, 0.1) is 5.92 Å². The van der Waals surface area contributed by atoms with Gasteiger partial charge in [-0.3, -0.25) is 0 Å². The number of aliphatic imine (C=N–C) groups is 1. The van der Waals surface area contributed by atoms with Gasteiger partial charge in [0.25, 0.3) is 0 Å². The first kappa shape index (κ1) is 12.6. The van der Waals surface area contributed by atoms with Gasteiger partial charge in [-0.1, -0.05) is 30.3 Å². The number of hydrogen-bond donors (Lipinski definition) is 0. The number of halogens is 1. The standard InChI is InChI=1S/C16H20FNO/c1-16(2,17)12-8-9-13-15(12)19-14(18-13)10-11-6-4-3-5-7-11/h3-7,12-13,15H,8-10H2,1-2H3/t12-,13-,15+/m0/s1. The summed E-state index contributed by atoms with van der Waals surface area (Å²) in [6.07, 6.45) is 2.48. The summed E-state index contributed by atoms with van der Waals surface area (Å²) < 4.78 is 20.1. The highest BCUT2D eigenvalue weighted by molar-refractivity contribution is 5.80. The van der Waals surface area contributed by atoms with E-state index in [1.54, 1.807) is 13.8 Å². The van der Waals surface area contributed by atoms with Gasteiger partial charge in [-0.05, 0) is 32.3 Å². The van der Waals surface area contributed by atoms with E-state index >= 15 is 0 Å². The van der Waals surface area contributed by atoms with Crippen molar-refractivity contribution in [2.75, 3.05) is 0 Å². The van der Waals surface area contributed by atoms with E-state index in [4.69, 9.17) is 4.74 Å². The Morgan fingerprint density at radius 3 is 2.68 bits per heavy atom. The Morgan fingerprint density at radius 2 is 2.00 bits per heavy atom. The summed E-state index contributed by atoms with van der Waals surface area (Å²) in [4.78, 5) is 4.64. The first-order chi connectivity index (χ1) is 9.04. The minimum absolute atomic E-state index is 0.0328. The van der Waals surface area contributed by atoms with Crippen molar-refractivity contribution in [3.8, 4) is 0 Å². The summed E-state index contributed by atoms with van der Waals surface area (Å²) in [5.74, 6) is 0.740. The smallest absolute Gasteiger partial charge is 0.188 e. The predicted octanol–water partition coefficient (Wildman–Crippen LogP) is 3.55. The molecule has 0 aromatic heterocycles. The van der Waals surface area contributed by atoms with Crippen molar-refractivity contribution in [1.29, 1.82) is 0 Å². The van der Waals surface area contributed by atoms with E-state index in [1.807, 2.05) is 18.2 Å². The zero-order valence-corrected chi connectivity index (χ0v) is 11.5. The van der Waals surface area contributed by atoms with Gasteiger partial charge in [0, 0.05) is 12.3 Å². The molecule has 2 aliphatic rings. The quantitative estimate of drug-likeness (QED) is 0.815. The maximum absolute atomic E-state index is 14.2. The molecular weight excluding hydrogens is 241 g/mol. The number of benzene rings is 1. The monoisotopic (exact) mass is 261 g/mol. The number of rotatable bonds is 3. The lowest BCUT2D eigenvalue weighted by Gasteiger charge is -2.27. The van der Waals surface area contributed by atoms with Gasteiger partial charge in [0.05, 0.1) is 6.04 Å². The second-order valence-electron chi connectivity index (χ2n) is 6.08. The Bertz CT molecular complexity index is 477. The fraction of sp³-hybridized carbons (Fsp3) is 0.562. The van der Waals surface area contributed by atoms with Crippen molar-refractivity contribution in [1.82, 2.24) is 0 Å². The number of alkyl halides is 1. The van der Waals surface area contributed by atoms with E-state index in [0.29, 0.717) is 6.42 Å². The van der Waals surface area contributed by atoms with Crippen LogP contribution in [-0.4, -0.2) is 23.7 Å². The summed E-state index contributed by atoms with van der Waals surface area (Å²) in [6.45, 7) is 3.30. The molecule has 0 amide bonds. The molecule has 2 nitrogen and oxygen atoms in total. The van der Waals surface area contributed by atoms with Crippen LogP contribution in [0.15, 0.2) is 35.3 Å². The molecule has 0 unspecified atom stereocenters. The fourth-order valence-corrected chi connectivity index (χ4v) is 3.21. The van der Waals surface area contributed by atoms with Crippen molar-refractivity contribution in [2.24, 2.45) is 10.9 Å². The van der Waals surface area contributed by atoms with Gasteiger partial charge in [-0.2, -0.15) is 0 Å². The summed E-state index contributed by atoms with van der Waals surface area (Å²) in [5, 5.41) is 0. The van der Waals surface area contributed by atoms with Crippen LogP contribution < -0.4 is 0 Å². The van der Waals surface area contributed by atoms with Crippen molar-refractivity contribution < 1.29 is 9.13 Å². The van der Waals surface area contributed by atoms with Gasteiger partial charge in [0.1, 0.15) is 11.8 Å². The Morgan fingerprint density at radius 1 is 1.26 bits per heavy atom. The zero-order valence-electron chi connectivity index (χ0n) is 11.5. The van der Waals surface area contributed by atoms with Gasteiger partial charge < -0.3 is 4.74 Å². The van der Waals surface area contributed by atoms with Gasteiger partial charge in [-0.15, -0.1) is 0 Å². The second-order valence-corrected chi connectivity index (χ2v) is 6.08. The molecule has 1 saturated carbocycles. The number of ether oxygens (including phenoxy) is 1. The number of nitrogens with zero attached hydrogens (tertiary/aromatic N) is 1. The van der Waals surface area contributed by atoms with Crippen LogP contribution in [0.3, 0.4) is 0 Å². The van der Waals surface area contributed by atoms with E-state index in [2.05, 4.69) is 17.1 Å². The molecule has 1 heterocycles. The van der Waals surface area contributed by atoms with E-state index in [1.165, 1.54) is 5.56 Å². The van der Waals surface area contributed by atoms with Crippen LogP contribution in [0.1, 0.15) is 32.3 Å². The minimum atomic E-state index is -1.18. The lowest BCUT2D eigenvalue weighted by molar-refractivity contribution is 0.0424. The molecule has 3 heteroatoms. The van der Waals surface area contributed by atoms with Gasteiger partial charge in [0.15, 0.2) is 5.90 Å². The predicted molar refractivity (Wildman–Crippen MR) is 74.2 cm³/mol. The van der Waals surface area contributed by atoms with Crippen LogP contribution in [0.25, 0.3) is 0 Å². The highest BCUT2D eigenvalue weighted by Crippen LogP contribution is 2.42. The van der Waals surface area contributed by atoms with Crippen LogP contribution >= 0.6 is 0 Å². The third kappa shape index (κ3) is 2.51. The van der Waals surface area contributed by atoms with E-state index < -0.39 is 5.67 Å². The Hall–Kier alpha value is -1.38. The maximum atomic E-state index is 14.2. The first-order valence-corrected chi connectivity index (χ1v) is 7.00. The average Bonchev–Trinajstić information content (AvgIpc) is 2.88. The highest BCUT2D eigenvalue weighted by atomic mass is 19.1. The molecular formula is C16H20FNO. The molecule has 19 heavy (non-hydrogen) atoms. The van der Waals surface area contributed by atoms with Crippen LogP contribution in [0.5, 0.6) is 0 Å². The highest BCUT2D eigenvalue weighted by Gasteiger charge is 2.49. The minimum Gasteiger partial charge on any atom is -0.475 e. The molecule has 1 aliphatic heterocycles. The van der Waals surface area contributed by atoms with E-state index in [9.17, 15) is 4.39 Å². The lowest BCUT2D eigenvalue weighted by atomic mass is 9.89. The van der Waals surface area contributed by atoms with Crippen molar-refractivity contribution in [2.45, 2.75) is 50.9 Å². The van der Waals surface area contributed by atoms with Crippen molar-refractivity contribution in [3.63, 3.8) is 0 Å². The maximum Gasteiger partial charge on any atom is 0.188 e. The third-order valence-electron chi connectivity index (χ3n) is 4.21. The van der Waals surface area contributed by atoms with Crippen LogP contribution in [-0.2, 0) is 11.2 Å². The normalized spacial score (nSPS) is 29.8. The topological polar surface area (TPSA) is 21.6 Å². The van der Waals surface area contributed by atoms with E-state index in [-0.39, 0.29) is 18.1 Å². The lowest BCUT2D eigenvalue weighted by Crippen LogP contribution is -2.36. The van der Waals surface area contributed by atoms with Crippen LogP contribution in [0.2, 0.25) is 0 Å². The molecule has 1 fully saturated rings. The molecule has 0 bridgehead atoms. The average molecular weight is 261 g/mol. The number of fused-ring (bicyclic) bond motifs is 1. The Kier molecular flexibility index (Phi) is 3.08. The molecule has 0 saturated heterocycles. The molecule has 102 valence electrons. The molecule has 0 spiro atoms. The summed E-state index contributed by atoms with van der Waals surface area (Å²) in [5.41, 5.74) is 0.00853.